The van der Waals surface area contributed by atoms with Gasteiger partial charge < -0.3 is 19.4 Å². The molecule has 0 aliphatic carbocycles. The Labute approximate surface area is 166 Å². The molecule has 4 heterocycles. The second kappa shape index (κ2) is 7.37. The zero-order valence-corrected chi connectivity index (χ0v) is 16.9. The van der Waals surface area contributed by atoms with Gasteiger partial charge >= 0.3 is 5.97 Å². The second-order valence-electron chi connectivity index (χ2n) is 6.93. The van der Waals surface area contributed by atoms with Gasteiger partial charge in [-0.05, 0) is 45.0 Å². The van der Waals surface area contributed by atoms with E-state index in [1.165, 1.54) is 11.3 Å². The Morgan fingerprint density at radius 1 is 1.39 bits per heavy atom. The van der Waals surface area contributed by atoms with E-state index in [1.54, 1.807) is 19.1 Å². The normalized spacial score (nSPS) is 14.1. The van der Waals surface area contributed by atoms with Crippen molar-refractivity contribution in [1.29, 1.82) is 0 Å². The number of fused-ring (bicyclic) bond motifs is 2. The number of aryl methyl sites for hydroxylation is 1. The van der Waals surface area contributed by atoms with Gasteiger partial charge in [0.1, 0.15) is 10.6 Å². The number of aromatic nitrogens is 2. The number of esters is 1. The maximum absolute atomic E-state index is 12.9. The molecule has 7 nitrogen and oxygen atoms in total. The number of nitrogens with zero attached hydrogens (tertiary/aromatic N) is 3. The third-order valence-corrected chi connectivity index (χ3v) is 5.93. The van der Waals surface area contributed by atoms with Gasteiger partial charge in [0.15, 0.2) is 0 Å². The summed E-state index contributed by atoms with van der Waals surface area (Å²) in [5, 5.41) is 3.49. The number of pyridine rings is 1. The average molecular weight is 398 g/mol. The Balaban J connectivity index is 1.67. The fourth-order valence-corrected chi connectivity index (χ4v) is 4.77. The molecule has 1 N–H and O–H groups in total. The summed E-state index contributed by atoms with van der Waals surface area (Å²) in [5.41, 5.74) is 3.59. The number of anilines is 1. The first-order chi connectivity index (χ1) is 13.5. The zero-order chi connectivity index (χ0) is 19.8. The predicted octanol–water partition coefficient (Wildman–Crippen LogP) is 3.12. The van der Waals surface area contributed by atoms with E-state index in [2.05, 4.69) is 15.2 Å². The molecule has 0 atom stereocenters. The van der Waals surface area contributed by atoms with Gasteiger partial charge in [-0.25, -0.2) is 9.78 Å². The van der Waals surface area contributed by atoms with Crippen LogP contribution < -0.4 is 5.32 Å². The van der Waals surface area contributed by atoms with Crippen LogP contribution in [0, 0.1) is 6.92 Å². The molecule has 8 heteroatoms. The molecule has 0 aromatic carbocycles. The number of imidazole rings is 1. The van der Waals surface area contributed by atoms with Crippen molar-refractivity contribution in [2.24, 2.45) is 0 Å². The van der Waals surface area contributed by atoms with E-state index in [0.29, 0.717) is 28.4 Å². The van der Waals surface area contributed by atoms with E-state index >= 15 is 0 Å². The highest BCUT2D eigenvalue weighted by atomic mass is 32.1. The lowest BCUT2D eigenvalue weighted by molar-refractivity contribution is 0.0526. The quantitative estimate of drug-likeness (QED) is 0.684. The smallest absolute Gasteiger partial charge is 0.341 e. The molecule has 146 valence electrons. The van der Waals surface area contributed by atoms with Crippen LogP contribution in [0.25, 0.3) is 5.65 Å². The van der Waals surface area contributed by atoms with Crippen LogP contribution in [0.15, 0.2) is 24.5 Å². The molecule has 0 saturated heterocycles. The highest BCUT2D eigenvalue weighted by molar-refractivity contribution is 7.17. The van der Waals surface area contributed by atoms with E-state index in [9.17, 15) is 9.59 Å². The third-order valence-electron chi connectivity index (χ3n) is 4.80. The molecule has 0 unspecified atom stereocenters. The zero-order valence-electron chi connectivity index (χ0n) is 16.1. The molecule has 28 heavy (non-hydrogen) atoms. The second-order valence-corrected chi connectivity index (χ2v) is 8.04. The fourth-order valence-electron chi connectivity index (χ4n) is 3.46. The van der Waals surface area contributed by atoms with Crippen LogP contribution in [0.2, 0.25) is 0 Å². The van der Waals surface area contributed by atoms with Gasteiger partial charge in [-0.15, -0.1) is 11.3 Å². The number of carbonyl (C=O) groups excluding carboxylic acids is 2. The number of likely N-dealkylation sites (N-methyl/N-ethyl adjacent to an activating group) is 1. The van der Waals surface area contributed by atoms with Crippen LogP contribution in [0.4, 0.5) is 5.00 Å². The number of nitrogens with one attached hydrogen (secondary N) is 1. The molecule has 0 spiro atoms. The first-order valence-electron chi connectivity index (χ1n) is 9.23. The van der Waals surface area contributed by atoms with Gasteiger partial charge in [-0.1, -0.05) is 0 Å². The van der Waals surface area contributed by atoms with Crippen LogP contribution in [-0.2, 0) is 17.7 Å². The number of amides is 1. The van der Waals surface area contributed by atoms with E-state index in [0.717, 1.165) is 35.6 Å². The molecule has 0 fully saturated rings. The molecular weight excluding hydrogens is 376 g/mol. The Kier molecular flexibility index (Phi) is 4.91. The number of hydrogen-bond donors (Lipinski definition) is 1. The molecule has 1 amide bonds. The highest BCUT2D eigenvalue weighted by Gasteiger charge is 2.28. The fraction of sp³-hybridized carbons (Fsp3) is 0.350. The minimum absolute atomic E-state index is 0.263. The Hall–Kier alpha value is -2.71. The van der Waals surface area contributed by atoms with E-state index in [-0.39, 0.29) is 11.9 Å². The van der Waals surface area contributed by atoms with Crippen LogP contribution in [0.3, 0.4) is 0 Å². The summed E-state index contributed by atoms with van der Waals surface area (Å²) < 4.78 is 7.13. The molecule has 4 rings (SSSR count). The minimum atomic E-state index is -0.376. The lowest BCUT2D eigenvalue weighted by atomic mass is 10.0. The maximum Gasteiger partial charge on any atom is 0.341 e. The summed E-state index contributed by atoms with van der Waals surface area (Å²) in [5.74, 6) is -0.639. The monoisotopic (exact) mass is 398 g/mol. The molecular formula is C20H22N4O3S. The topological polar surface area (TPSA) is 75.9 Å². The molecule has 0 bridgehead atoms. The van der Waals surface area contributed by atoms with Gasteiger partial charge in [0, 0.05) is 35.9 Å². The molecule has 1 aliphatic heterocycles. The molecule has 0 saturated carbocycles. The summed E-state index contributed by atoms with van der Waals surface area (Å²) in [6.45, 7) is 5.63. The van der Waals surface area contributed by atoms with Crippen molar-refractivity contribution in [3.05, 3.63) is 51.8 Å². The Morgan fingerprint density at radius 3 is 3.00 bits per heavy atom. The van der Waals surface area contributed by atoms with Gasteiger partial charge in [-0.2, -0.15) is 0 Å². The van der Waals surface area contributed by atoms with E-state index in [4.69, 9.17) is 4.74 Å². The number of carbonyl (C=O) groups is 2. The van der Waals surface area contributed by atoms with Gasteiger partial charge in [0.25, 0.3) is 5.91 Å². The number of thiophene rings is 1. The first-order valence-corrected chi connectivity index (χ1v) is 10.0. The summed E-state index contributed by atoms with van der Waals surface area (Å²) in [4.78, 5) is 33.2. The van der Waals surface area contributed by atoms with Crippen LogP contribution in [-0.4, -0.2) is 46.4 Å². The van der Waals surface area contributed by atoms with Crippen molar-refractivity contribution in [2.75, 3.05) is 25.5 Å². The lowest BCUT2D eigenvalue weighted by Crippen LogP contribution is -2.26. The first kappa shape index (κ1) is 18.6. The summed E-state index contributed by atoms with van der Waals surface area (Å²) in [6, 6.07) is 3.49. The number of hydrogen-bond acceptors (Lipinski definition) is 6. The lowest BCUT2D eigenvalue weighted by Gasteiger charge is -2.22. The van der Waals surface area contributed by atoms with Crippen molar-refractivity contribution < 1.29 is 14.3 Å². The summed E-state index contributed by atoms with van der Waals surface area (Å²) in [6.07, 6.45) is 4.48. The number of ether oxygens (including phenoxy) is 1. The minimum Gasteiger partial charge on any atom is -0.462 e. The Morgan fingerprint density at radius 2 is 2.21 bits per heavy atom. The van der Waals surface area contributed by atoms with Crippen LogP contribution >= 0.6 is 11.3 Å². The molecule has 1 aliphatic rings. The standard InChI is InChI=1S/C20H22N4O3S/c1-4-27-20(26)17-14-6-7-23(3)11-15(14)28-19(17)22-18(25)13-5-8-24-10-12(2)21-16(24)9-13/h5,8-10H,4,6-7,11H2,1-3H3,(H,22,25). The molecule has 0 radical (unpaired) electrons. The third kappa shape index (κ3) is 3.41. The van der Waals surface area contributed by atoms with Crippen molar-refractivity contribution in [1.82, 2.24) is 14.3 Å². The average Bonchev–Trinajstić information content (AvgIpc) is 3.19. The van der Waals surface area contributed by atoms with Gasteiger partial charge in [0.05, 0.1) is 17.9 Å². The highest BCUT2D eigenvalue weighted by Crippen LogP contribution is 2.37. The summed E-state index contributed by atoms with van der Waals surface area (Å²) >= 11 is 1.46. The summed E-state index contributed by atoms with van der Waals surface area (Å²) in [7, 11) is 2.05. The van der Waals surface area contributed by atoms with Gasteiger partial charge in [-0.3, -0.25) is 4.79 Å². The van der Waals surface area contributed by atoms with Gasteiger partial charge in [0.2, 0.25) is 0 Å². The maximum atomic E-state index is 12.9. The molecule has 3 aromatic rings. The van der Waals surface area contributed by atoms with Crippen LogP contribution in [0.1, 0.15) is 43.8 Å². The van der Waals surface area contributed by atoms with Crippen LogP contribution in [0.5, 0.6) is 0 Å². The van der Waals surface area contributed by atoms with Crippen molar-refractivity contribution >= 4 is 33.9 Å². The molecule has 3 aromatic heterocycles. The SMILES string of the molecule is CCOC(=O)c1c(NC(=O)c2ccn3cc(C)nc3c2)sc2c1CCN(C)C2. The predicted molar refractivity (Wildman–Crippen MR) is 108 cm³/mol. The van der Waals surface area contributed by atoms with Crippen molar-refractivity contribution in [3.63, 3.8) is 0 Å². The van der Waals surface area contributed by atoms with E-state index in [1.807, 2.05) is 30.8 Å². The van der Waals surface area contributed by atoms with Crippen molar-refractivity contribution in [3.8, 4) is 0 Å². The Bertz CT molecular complexity index is 1070. The van der Waals surface area contributed by atoms with Crippen molar-refractivity contribution in [2.45, 2.75) is 26.8 Å². The number of rotatable bonds is 4. The largest absolute Gasteiger partial charge is 0.462 e. The van der Waals surface area contributed by atoms with E-state index < -0.39 is 0 Å².